The molecule has 1 aromatic rings. The van der Waals surface area contributed by atoms with Crippen LogP contribution in [0.25, 0.3) is 0 Å². The standard InChI is InChI=1S/C14H23N3O2/c1-11-10-13(19-16-11)12-6-5-9-17(12)14(18)7-3-2-4-8-15/h10,12H,2-9,15H2,1H3. The van der Waals surface area contributed by atoms with E-state index < -0.39 is 0 Å². The molecule has 1 unspecified atom stereocenters. The summed E-state index contributed by atoms with van der Waals surface area (Å²) in [5, 5.41) is 3.91. The highest BCUT2D eigenvalue weighted by atomic mass is 16.5. The Balaban J connectivity index is 1.89. The molecule has 0 spiro atoms. The first-order valence-electron chi connectivity index (χ1n) is 7.15. The van der Waals surface area contributed by atoms with Gasteiger partial charge in [0.25, 0.3) is 0 Å². The number of hydrogen-bond acceptors (Lipinski definition) is 4. The number of likely N-dealkylation sites (tertiary alicyclic amines) is 1. The highest BCUT2D eigenvalue weighted by Gasteiger charge is 2.32. The predicted octanol–water partition coefficient (Wildman–Crippen LogP) is 2.17. The van der Waals surface area contributed by atoms with Gasteiger partial charge in [-0.3, -0.25) is 4.79 Å². The van der Waals surface area contributed by atoms with Crippen molar-refractivity contribution in [1.82, 2.24) is 10.1 Å². The van der Waals surface area contributed by atoms with E-state index in [0.29, 0.717) is 13.0 Å². The molecular weight excluding hydrogens is 242 g/mol. The van der Waals surface area contributed by atoms with E-state index in [1.807, 2.05) is 17.9 Å². The minimum Gasteiger partial charge on any atom is -0.359 e. The van der Waals surface area contributed by atoms with Crippen molar-refractivity contribution in [2.24, 2.45) is 5.73 Å². The summed E-state index contributed by atoms with van der Waals surface area (Å²) in [5.74, 6) is 1.05. The van der Waals surface area contributed by atoms with E-state index in [4.69, 9.17) is 10.3 Å². The lowest BCUT2D eigenvalue weighted by molar-refractivity contribution is -0.132. The smallest absolute Gasteiger partial charge is 0.223 e. The van der Waals surface area contributed by atoms with E-state index in [-0.39, 0.29) is 11.9 Å². The Bertz CT molecular complexity index is 417. The van der Waals surface area contributed by atoms with E-state index in [1.165, 1.54) is 0 Å². The topological polar surface area (TPSA) is 72.4 Å². The van der Waals surface area contributed by atoms with Crippen molar-refractivity contribution >= 4 is 5.91 Å². The monoisotopic (exact) mass is 265 g/mol. The second-order valence-corrected chi connectivity index (χ2v) is 5.22. The number of carbonyl (C=O) groups excluding carboxylic acids is 1. The molecule has 0 bridgehead atoms. The maximum Gasteiger partial charge on any atom is 0.223 e. The number of aryl methyl sites for hydroxylation is 1. The molecule has 0 saturated carbocycles. The van der Waals surface area contributed by atoms with Crippen molar-refractivity contribution in [3.05, 3.63) is 17.5 Å². The number of rotatable bonds is 6. The Kier molecular flexibility index (Phi) is 4.96. The van der Waals surface area contributed by atoms with Crippen LogP contribution in [-0.4, -0.2) is 29.1 Å². The Hall–Kier alpha value is -1.36. The maximum absolute atomic E-state index is 12.2. The molecule has 1 aromatic heterocycles. The van der Waals surface area contributed by atoms with Crippen LogP contribution in [0.15, 0.2) is 10.6 Å². The fourth-order valence-corrected chi connectivity index (χ4v) is 2.64. The second-order valence-electron chi connectivity index (χ2n) is 5.22. The summed E-state index contributed by atoms with van der Waals surface area (Å²) in [6, 6.07) is 2.02. The predicted molar refractivity (Wildman–Crippen MR) is 72.5 cm³/mol. The zero-order valence-corrected chi connectivity index (χ0v) is 11.6. The minimum absolute atomic E-state index is 0.0863. The molecule has 5 nitrogen and oxygen atoms in total. The normalized spacial score (nSPS) is 19.1. The van der Waals surface area contributed by atoms with E-state index in [2.05, 4.69) is 5.16 Å². The summed E-state index contributed by atoms with van der Waals surface area (Å²) < 4.78 is 5.31. The quantitative estimate of drug-likeness (QED) is 0.800. The lowest BCUT2D eigenvalue weighted by Crippen LogP contribution is -2.30. The van der Waals surface area contributed by atoms with Crippen LogP contribution in [0.3, 0.4) is 0 Å². The Morgan fingerprint density at radius 2 is 2.37 bits per heavy atom. The summed E-state index contributed by atoms with van der Waals surface area (Å²) >= 11 is 0. The van der Waals surface area contributed by atoms with Crippen LogP contribution in [0.1, 0.15) is 56.0 Å². The van der Waals surface area contributed by atoms with Gasteiger partial charge in [0.1, 0.15) is 0 Å². The van der Waals surface area contributed by atoms with E-state index >= 15 is 0 Å². The van der Waals surface area contributed by atoms with Gasteiger partial charge in [-0.2, -0.15) is 0 Å². The summed E-state index contributed by atoms with van der Waals surface area (Å²) in [6.45, 7) is 3.44. The molecule has 5 heteroatoms. The Morgan fingerprint density at radius 3 is 3.05 bits per heavy atom. The number of nitrogens with zero attached hydrogens (tertiary/aromatic N) is 2. The van der Waals surface area contributed by atoms with Crippen molar-refractivity contribution in [3.8, 4) is 0 Å². The van der Waals surface area contributed by atoms with Crippen LogP contribution in [0.4, 0.5) is 0 Å². The van der Waals surface area contributed by atoms with Crippen molar-refractivity contribution < 1.29 is 9.32 Å². The molecule has 1 aliphatic heterocycles. The molecule has 1 saturated heterocycles. The first kappa shape index (κ1) is 14.1. The molecule has 1 amide bonds. The van der Waals surface area contributed by atoms with Crippen molar-refractivity contribution in [2.45, 2.75) is 51.5 Å². The number of nitrogens with two attached hydrogens (primary N) is 1. The zero-order valence-electron chi connectivity index (χ0n) is 11.6. The van der Waals surface area contributed by atoms with Crippen LogP contribution >= 0.6 is 0 Å². The average Bonchev–Trinajstić information content (AvgIpc) is 3.02. The highest BCUT2D eigenvalue weighted by Crippen LogP contribution is 2.32. The van der Waals surface area contributed by atoms with Gasteiger partial charge in [0.15, 0.2) is 5.76 Å². The third kappa shape index (κ3) is 3.56. The maximum atomic E-state index is 12.2. The lowest BCUT2D eigenvalue weighted by Gasteiger charge is -2.22. The van der Waals surface area contributed by atoms with Gasteiger partial charge >= 0.3 is 0 Å². The molecule has 0 aliphatic carbocycles. The number of unbranched alkanes of at least 4 members (excludes halogenated alkanes) is 2. The van der Waals surface area contributed by atoms with Crippen LogP contribution in [0, 0.1) is 6.92 Å². The van der Waals surface area contributed by atoms with Gasteiger partial charge in [-0.05, 0) is 39.2 Å². The molecule has 1 fully saturated rings. The molecule has 2 rings (SSSR count). The third-order valence-corrected chi connectivity index (χ3v) is 3.64. The van der Waals surface area contributed by atoms with E-state index in [1.54, 1.807) is 0 Å². The third-order valence-electron chi connectivity index (χ3n) is 3.64. The molecule has 2 N–H and O–H groups in total. The minimum atomic E-state index is 0.0863. The molecule has 106 valence electrons. The summed E-state index contributed by atoms with van der Waals surface area (Å²) in [6.07, 6.45) is 5.58. The molecule has 1 atom stereocenters. The fraction of sp³-hybridized carbons (Fsp3) is 0.714. The van der Waals surface area contributed by atoms with Crippen LogP contribution < -0.4 is 5.73 Å². The molecular formula is C14H23N3O2. The van der Waals surface area contributed by atoms with Gasteiger partial charge in [-0.1, -0.05) is 11.6 Å². The fourth-order valence-electron chi connectivity index (χ4n) is 2.64. The highest BCUT2D eigenvalue weighted by molar-refractivity contribution is 5.76. The second kappa shape index (κ2) is 6.70. The van der Waals surface area contributed by atoms with Gasteiger partial charge in [-0.15, -0.1) is 0 Å². The first-order chi connectivity index (χ1) is 9.22. The summed E-state index contributed by atoms with van der Waals surface area (Å²) in [7, 11) is 0. The van der Waals surface area contributed by atoms with Gasteiger partial charge < -0.3 is 15.2 Å². The lowest BCUT2D eigenvalue weighted by atomic mass is 10.1. The van der Waals surface area contributed by atoms with Crippen LogP contribution in [-0.2, 0) is 4.79 Å². The number of hydrogen-bond donors (Lipinski definition) is 1. The van der Waals surface area contributed by atoms with Gasteiger partial charge in [0, 0.05) is 19.0 Å². The summed E-state index contributed by atoms with van der Waals surface area (Å²) in [5.41, 5.74) is 6.33. The molecule has 19 heavy (non-hydrogen) atoms. The van der Waals surface area contributed by atoms with Crippen LogP contribution in [0.2, 0.25) is 0 Å². The van der Waals surface area contributed by atoms with Crippen LogP contribution in [0.5, 0.6) is 0 Å². The largest absolute Gasteiger partial charge is 0.359 e. The molecule has 2 heterocycles. The molecule has 0 aromatic carbocycles. The number of carbonyl (C=O) groups is 1. The number of aromatic nitrogens is 1. The SMILES string of the molecule is Cc1cc(C2CCCN2C(=O)CCCCCN)on1. The van der Waals surface area contributed by atoms with Crippen molar-refractivity contribution in [2.75, 3.05) is 13.1 Å². The zero-order chi connectivity index (χ0) is 13.7. The van der Waals surface area contributed by atoms with E-state index in [0.717, 1.165) is 50.1 Å². The molecule has 1 aliphatic rings. The Labute approximate surface area is 114 Å². The van der Waals surface area contributed by atoms with Gasteiger partial charge in [-0.25, -0.2) is 0 Å². The first-order valence-corrected chi connectivity index (χ1v) is 7.15. The Morgan fingerprint density at radius 1 is 1.53 bits per heavy atom. The number of amides is 1. The van der Waals surface area contributed by atoms with Crippen molar-refractivity contribution in [3.63, 3.8) is 0 Å². The van der Waals surface area contributed by atoms with Crippen molar-refractivity contribution in [1.29, 1.82) is 0 Å². The van der Waals surface area contributed by atoms with Gasteiger partial charge in [0.2, 0.25) is 5.91 Å². The van der Waals surface area contributed by atoms with E-state index in [9.17, 15) is 4.79 Å². The van der Waals surface area contributed by atoms with Gasteiger partial charge in [0.05, 0.1) is 11.7 Å². The molecule has 0 radical (unpaired) electrons. The average molecular weight is 265 g/mol. The summed E-state index contributed by atoms with van der Waals surface area (Å²) in [4.78, 5) is 14.2.